The van der Waals surface area contributed by atoms with Crippen LogP contribution in [-0.2, 0) is 9.53 Å². The molecule has 0 aliphatic heterocycles. The average Bonchev–Trinajstić information content (AvgIpc) is 2.27. The van der Waals surface area contributed by atoms with E-state index in [1.165, 1.54) is 7.11 Å². The molecule has 1 atom stereocenters. The fourth-order valence-corrected chi connectivity index (χ4v) is 1.89. The van der Waals surface area contributed by atoms with Crippen molar-refractivity contribution in [3.05, 3.63) is 28.0 Å². The van der Waals surface area contributed by atoms with Gasteiger partial charge in [0.1, 0.15) is 11.9 Å². The zero-order chi connectivity index (χ0) is 13.0. The largest absolute Gasteiger partial charge is 0.467 e. The molecule has 0 fully saturated rings. The molecular weight excluding hydrogens is 268 g/mol. The topological polar surface area (TPSA) is 38.3 Å². The molecule has 0 spiro atoms. The van der Waals surface area contributed by atoms with Crippen LogP contribution < -0.4 is 5.32 Å². The molecule has 94 valence electrons. The van der Waals surface area contributed by atoms with Crippen molar-refractivity contribution in [2.45, 2.75) is 19.4 Å². The number of ether oxygens (including phenoxy) is 1. The van der Waals surface area contributed by atoms with Gasteiger partial charge >= 0.3 is 5.97 Å². The van der Waals surface area contributed by atoms with Gasteiger partial charge in [0.05, 0.1) is 22.8 Å². The van der Waals surface area contributed by atoms with E-state index in [4.69, 9.17) is 23.2 Å². The van der Waals surface area contributed by atoms with Crippen LogP contribution >= 0.6 is 23.2 Å². The number of anilines is 1. The highest BCUT2D eigenvalue weighted by Gasteiger charge is 2.19. The Morgan fingerprint density at radius 2 is 2.00 bits per heavy atom. The molecule has 1 rings (SSSR count). The normalized spacial score (nSPS) is 12.1. The van der Waals surface area contributed by atoms with E-state index in [2.05, 4.69) is 10.1 Å². The van der Waals surface area contributed by atoms with Gasteiger partial charge in [-0.25, -0.2) is 9.18 Å². The van der Waals surface area contributed by atoms with E-state index in [1.807, 2.05) is 0 Å². The van der Waals surface area contributed by atoms with Gasteiger partial charge in [0.15, 0.2) is 0 Å². The number of halogens is 3. The van der Waals surface area contributed by atoms with Gasteiger partial charge in [0.25, 0.3) is 0 Å². The maximum Gasteiger partial charge on any atom is 0.328 e. The van der Waals surface area contributed by atoms with Crippen molar-refractivity contribution in [1.29, 1.82) is 0 Å². The lowest BCUT2D eigenvalue weighted by Crippen LogP contribution is -2.30. The highest BCUT2D eigenvalue weighted by atomic mass is 35.5. The van der Waals surface area contributed by atoms with Crippen LogP contribution in [0.1, 0.15) is 13.3 Å². The van der Waals surface area contributed by atoms with Crippen LogP contribution in [0.4, 0.5) is 10.1 Å². The van der Waals surface area contributed by atoms with Crippen molar-refractivity contribution in [3.63, 3.8) is 0 Å². The highest BCUT2D eigenvalue weighted by molar-refractivity contribution is 6.39. The van der Waals surface area contributed by atoms with Gasteiger partial charge in [-0.1, -0.05) is 30.1 Å². The van der Waals surface area contributed by atoms with E-state index in [-0.39, 0.29) is 10.0 Å². The summed E-state index contributed by atoms with van der Waals surface area (Å²) in [7, 11) is 1.29. The molecule has 0 radical (unpaired) electrons. The zero-order valence-corrected chi connectivity index (χ0v) is 10.9. The third kappa shape index (κ3) is 3.48. The fraction of sp³-hybridized carbons (Fsp3) is 0.364. The number of rotatable bonds is 4. The smallest absolute Gasteiger partial charge is 0.328 e. The molecule has 0 aliphatic rings. The number of hydrogen-bond donors (Lipinski definition) is 1. The van der Waals surface area contributed by atoms with Crippen molar-refractivity contribution in [3.8, 4) is 0 Å². The minimum atomic E-state index is -0.569. The van der Waals surface area contributed by atoms with Gasteiger partial charge in [-0.05, 0) is 18.6 Å². The van der Waals surface area contributed by atoms with E-state index in [0.29, 0.717) is 12.1 Å². The van der Waals surface area contributed by atoms with E-state index in [0.717, 1.165) is 12.1 Å². The molecule has 6 heteroatoms. The molecular formula is C11H12Cl2FNO2. The lowest BCUT2D eigenvalue weighted by Gasteiger charge is -2.17. The Hall–Kier alpha value is -1.00. The van der Waals surface area contributed by atoms with Crippen LogP contribution in [0.25, 0.3) is 0 Å². The third-order valence-corrected chi connectivity index (χ3v) is 2.82. The first-order valence-corrected chi connectivity index (χ1v) is 5.74. The molecule has 0 heterocycles. The lowest BCUT2D eigenvalue weighted by molar-refractivity contribution is -0.141. The summed E-state index contributed by atoms with van der Waals surface area (Å²) in [6.07, 6.45) is 0.497. The molecule has 1 aromatic carbocycles. The molecule has 1 N–H and O–H groups in total. The Labute approximate surface area is 109 Å². The van der Waals surface area contributed by atoms with Gasteiger partial charge in [-0.15, -0.1) is 0 Å². The SMILES string of the molecule is CCC(Nc1c(Cl)cc(F)cc1Cl)C(=O)OC. The monoisotopic (exact) mass is 279 g/mol. The Morgan fingerprint density at radius 1 is 1.47 bits per heavy atom. The van der Waals surface area contributed by atoms with Crippen LogP contribution in [-0.4, -0.2) is 19.1 Å². The van der Waals surface area contributed by atoms with Gasteiger partial charge in [-0.3, -0.25) is 0 Å². The molecule has 0 aliphatic carbocycles. The summed E-state index contributed by atoms with van der Waals surface area (Å²) < 4.78 is 17.6. The zero-order valence-electron chi connectivity index (χ0n) is 9.39. The van der Waals surface area contributed by atoms with Crippen molar-refractivity contribution >= 4 is 34.9 Å². The second-order valence-electron chi connectivity index (χ2n) is 3.37. The Morgan fingerprint density at radius 3 is 2.41 bits per heavy atom. The first kappa shape index (κ1) is 14.1. The number of benzene rings is 1. The summed E-state index contributed by atoms with van der Waals surface area (Å²) in [6, 6.07) is 1.68. The van der Waals surface area contributed by atoms with Crippen LogP contribution in [0.15, 0.2) is 12.1 Å². The quantitative estimate of drug-likeness (QED) is 0.858. The molecule has 0 saturated heterocycles. The Kier molecular flexibility index (Phi) is 5.02. The van der Waals surface area contributed by atoms with Gasteiger partial charge < -0.3 is 10.1 Å². The van der Waals surface area contributed by atoms with E-state index in [1.54, 1.807) is 6.92 Å². The van der Waals surface area contributed by atoms with Crippen molar-refractivity contribution in [2.75, 3.05) is 12.4 Å². The average molecular weight is 280 g/mol. The summed E-state index contributed by atoms with van der Waals surface area (Å²) in [4.78, 5) is 11.4. The first-order valence-electron chi connectivity index (χ1n) is 4.98. The summed E-state index contributed by atoms with van der Waals surface area (Å²) in [6.45, 7) is 1.81. The first-order chi connectivity index (χ1) is 7.99. The summed E-state index contributed by atoms with van der Waals surface area (Å²) >= 11 is 11.7. The van der Waals surface area contributed by atoms with E-state index < -0.39 is 17.8 Å². The molecule has 0 saturated carbocycles. The maximum atomic E-state index is 13.0. The Balaban J connectivity index is 2.98. The van der Waals surface area contributed by atoms with Crippen molar-refractivity contribution in [2.24, 2.45) is 0 Å². The standard InChI is InChI=1S/C11H12Cl2FNO2/c1-3-9(11(16)17-2)15-10-7(12)4-6(14)5-8(10)13/h4-5,9,15H,3H2,1-2H3. The van der Waals surface area contributed by atoms with Crippen molar-refractivity contribution < 1.29 is 13.9 Å². The fourth-order valence-electron chi connectivity index (χ4n) is 1.32. The number of esters is 1. The predicted octanol–water partition coefficient (Wildman–Crippen LogP) is 3.50. The predicted molar refractivity (Wildman–Crippen MR) is 66.1 cm³/mol. The molecule has 1 aromatic rings. The molecule has 0 aromatic heterocycles. The van der Waals surface area contributed by atoms with Crippen LogP contribution in [0, 0.1) is 5.82 Å². The molecule has 0 bridgehead atoms. The number of carbonyl (C=O) groups is 1. The number of nitrogens with one attached hydrogen (secondary N) is 1. The second-order valence-corrected chi connectivity index (χ2v) is 4.19. The second kappa shape index (κ2) is 6.07. The third-order valence-electron chi connectivity index (χ3n) is 2.22. The Bertz CT molecular complexity index is 403. The van der Waals surface area contributed by atoms with Crippen molar-refractivity contribution in [1.82, 2.24) is 0 Å². The lowest BCUT2D eigenvalue weighted by atomic mass is 10.2. The molecule has 0 amide bonds. The van der Waals surface area contributed by atoms with E-state index in [9.17, 15) is 9.18 Å². The number of methoxy groups -OCH3 is 1. The summed E-state index contributed by atoms with van der Waals surface area (Å²) in [5.41, 5.74) is 0.326. The molecule has 17 heavy (non-hydrogen) atoms. The van der Waals surface area contributed by atoms with Gasteiger partial charge in [-0.2, -0.15) is 0 Å². The molecule has 3 nitrogen and oxygen atoms in total. The van der Waals surface area contributed by atoms with Crippen LogP contribution in [0.3, 0.4) is 0 Å². The number of hydrogen-bond acceptors (Lipinski definition) is 3. The highest BCUT2D eigenvalue weighted by Crippen LogP contribution is 2.32. The minimum Gasteiger partial charge on any atom is -0.467 e. The van der Waals surface area contributed by atoms with E-state index >= 15 is 0 Å². The number of carbonyl (C=O) groups excluding carboxylic acids is 1. The van der Waals surface area contributed by atoms with Crippen LogP contribution in [0.5, 0.6) is 0 Å². The minimum absolute atomic E-state index is 0.123. The maximum absolute atomic E-state index is 13.0. The van der Waals surface area contributed by atoms with Gasteiger partial charge in [0, 0.05) is 0 Å². The molecule has 1 unspecified atom stereocenters. The summed E-state index contributed by atoms with van der Waals surface area (Å²) in [5.74, 6) is -0.958. The summed E-state index contributed by atoms with van der Waals surface area (Å²) in [5, 5.41) is 3.08. The van der Waals surface area contributed by atoms with Gasteiger partial charge in [0.2, 0.25) is 0 Å². The van der Waals surface area contributed by atoms with Crippen LogP contribution in [0.2, 0.25) is 10.0 Å².